The van der Waals surface area contributed by atoms with E-state index < -0.39 is 18.3 Å². The molecule has 1 atom stereocenters. The molecule has 16 heavy (non-hydrogen) atoms. The Hall–Kier alpha value is -1.27. The molecule has 0 aliphatic rings. The largest absolute Gasteiger partial charge is 0.508 e. The summed E-state index contributed by atoms with van der Waals surface area (Å²) in [5, 5.41) is 20.6. The molecule has 3 nitrogen and oxygen atoms in total. The van der Waals surface area contributed by atoms with Crippen LogP contribution in [-0.4, -0.2) is 29.3 Å². The van der Waals surface area contributed by atoms with Crippen molar-refractivity contribution in [3.8, 4) is 5.75 Å². The number of rotatable bonds is 5. The van der Waals surface area contributed by atoms with Crippen LogP contribution < -0.4 is 5.32 Å². The minimum atomic E-state index is -2.83. The van der Waals surface area contributed by atoms with Crippen molar-refractivity contribution in [1.82, 2.24) is 5.32 Å². The molecule has 0 radical (unpaired) electrons. The topological polar surface area (TPSA) is 52.5 Å². The fraction of sp³-hybridized carbons (Fsp3) is 0.400. The zero-order valence-corrected chi connectivity index (χ0v) is 8.33. The Labute approximate surface area is 90.5 Å². The number of nitrogens with one attached hydrogen (secondary N) is 1. The van der Waals surface area contributed by atoms with E-state index >= 15 is 0 Å². The van der Waals surface area contributed by atoms with Crippen LogP contribution >= 0.6 is 0 Å². The number of alkyl halides is 2. The quantitative estimate of drug-likeness (QED) is 0.719. The third kappa shape index (κ3) is 3.71. The number of hydrogen-bond donors (Lipinski definition) is 3. The first-order chi connectivity index (χ1) is 7.50. The van der Waals surface area contributed by atoms with Crippen LogP contribution in [0.15, 0.2) is 18.2 Å². The van der Waals surface area contributed by atoms with Crippen molar-refractivity contribution in [2.75, 3.05) is 6.54 Å². The standard InChI is InChI=1S/C10H12F3NO2/c11-7-1-2-8(15)6(3-7)4-14-5-9(16)10(12)13/h1-3,9-10,14-16H,4-5H2. The van der Waals surface area contributed by atoms with Crippen LogP contribution in [0.25, 0.3) is 0 Å². The molecule has 1 unspecified atom stereocenters. The minimum absolute atomic E-state index is 0.00731. The molecule has 0 spiro atoms. The van der Waals surface area contributed by atoms with Crippen molar-refractivity contribution >= 4 is 0 Å². The predicted octanol–water partition coefficient (Wildman–Crippen LogP) is 1.25. The Balaban J connectivity index is 2.45. The second-order valence-corrected chi connectivity index (χ2v) is 3.31. The third-order valence-electron chi connectivity index (χ3n) is 2.00. The molecule has 3 N–H and O–H groups in total. The first-order valence-electron chi connectivity index (χ1n) is 4.65. The summed E-state index contributed by atoms with van der Waals surface area (Å²) in [6.45, 7) is -0.318. The molecule has 0 heterocycles. The molecule has 1 aromatic carbocycles. The fourth-order valence-electron chi connectivity index (χ4n) is 1.14. The number of aromatic hydroxyl groups is 1. The van der Waals surface area contributed by atoms with Gasteiger partial charge in [-0.25, -0.2) is 13.2 Å². The van der Waals surface area contributed by atoms with E-state index in [-0.39, 0.29) is 24.4 Å². The highest BCUT2D eigenvalue weighted by molar-refractivity contribution is 5.32. The van der Waals surface area contributed by atoms with Gasteiger partial charge in [0, 0.05) is 18.7 Å². The molecule has 0 saturated carbocycles. The van der Waals surface area contributed by atoms with Gasteiger partial charge in [0.1, 0.15) is 17.7 Å². The fourth-order valence-corrected chi connectivity index (χ4v) is 1.14. The van der Waals surface area contributed by atoms with Gasteiger partial charge in [0.15, 0.2) is 0 Å². The SMILES string of the molecule is Oc1ccc(F)cc1CNCC(O)C(F)F. The molecule has 0 amide bonds. The summed E-state index contributed by atoms with van der Waals surface area (Å²) in [4.78, 5) is 0. The summed E-state index contributed by atoms with van der Waals surface area (Å²) >= 11 is 0. The molecule has 0 aromatic heterocycles. The maximum Gasteiger partial charge on any atom is 0.265 e. The van der Waals surface area contributed by atoms with Crippen molar-refractivity contribution in [3.63, 3.8) is 0 Å². The normalized spacial score (nSPS) is 13.1. The summed E-state index contributed by atoms with van der Waals surface area (Å²) in [5.74, 6) is -0.649. The Morgan fingerprint density at radius 2 is 2.00 bits per heavy atom. The number of hydrogen-bond acceptors (Lipinski definition) is 3. The molecule has 0 aliphatic carbocycles. The highest BCUT2D eigenvalue weighted by atomic mass is 19.3. The lowest BCUT2D eigenvalue weighted by Gasteiger charge is -2.11. The number of aliphatic hydroxyl groups excluding tert-OH is 1. The van der Waals surface area contributed by atoms with Gasteiger partial charge >= 0.3 is 0 Å². The van der Waals surface area contributed by atoms with Crippen molar-refractivity contribution in [1.29, 1.82) is 0 Å². The number of benzene rings is 1. The summed E-state index contributed by atoms with van der Waals surface area (Å²) < 4.78 is 36.5. The van der Waals surface area contributed by atoms with Crippen LogP contribution in [0.4, 0.5) is 13.2 Å². The third-order valence-corrected chi connectivity index (χ3v) is 2.00. The molecular weight excluding hydrogens is 223 g/mol. The molecular formula is C10H12F3NO2. The van der Waals surface area contributed by atoms with Gasteiger partial charge in [0.2, 0.25) is 0 Å². The van der Waals surface area contributed by atoms with Gasteiger partial charge in [0.05, 0.1) is 0 Å². The number of halogens is 3. The number of aliphatic hydroxyl groups is 1. The average molecular weight is 235 g/mol. The Morgan fingerprint density at radius 1 is 1.31 bits per heavy atom. The minimum Gasteiger partial charge on any atom is -0.508 e. The molecule has 90 valence electrons. The highest BCUT2D eigenvalue weighted by Gasteiger charge is 2.15. The molecule has 0 aliphatic heterocycles. The van der Waals surface area contributed by atoms with Gasteiger partial charge in [-0.2, -0.15) is 0 Å². The van der Waals surface area contributed by atoms with Gasteiger partial charge < -0.3 is 15.5 Å². The van der Waals surface area contributed by atoms with E-state index in [2.05, 4.69) is 5.32 Å². The zero-order valence-electron chi connectivity index (χ0n) is 8.33. The highest BCUT2D eigenvalue weighted by Crippen LogP contribution is 2.17. The summed E-state index contributed by atoms with van der Waals surface area (Å²) in [6.07, 6.45) is -4.59. The van der Waals surface area contributed by atoms with E-state index in [1.807, 2.05) is 0 Å². The molecule has 1 rings (SSSR count). The summed E-state index contributed by atoms with van der Waals surface area (Å²) in [5.41, 5.74) is 0.251. The maximum absolute atomic E-state index is 12.8. The smallest absolute Gasteiger partial charge is 0.265 e. The van der Waals surface area contributed by atoms with E-state index in [1.165, 1.54) is 6.07 Å². The molecule has 0 fully saturated rings. The van der Waals surface area contributed by atoms with E-state index in [0.29, 0.717) is 0 Å². The van der Waals surface area contributed by atoms with E-state index in [1.54, 1.807) is 0 Å². The summed E-state index contributed by atoms with van der Waals surface area (Å²) in [6, 6.07) is 3.36. The van der Waals surface area contributed by atoms with Crippen LogP contribution in [0.2, 0.25) is 0 Å². The second kappa shape index (κ2) is 5.72. The Kier molecular flexibility index (Phi) is 4.57. The Morgan fingerprint density at radius 3 is 2.62 bits per heavy atom. The molecule has 0 saturated heterocycles. The number of phenols is 1. The van der Waals surface area contributed by atoms with Crippen LogP contribution in [0.3, 0.4) is 0 Å². The van der Waals surface area contributed by atoms with Crippen molar-refractivity contribution in [2.45, 2.75) is 19.1 Å². The van der Waals surface area contributed by atoms with Crippen molar-refractivity contribution in [2.24, 2.45) is 0 Å². The van der Waals surface area contributed by atoms with E-state index in [4.69, 9.17) is 5.11 Å². The van der Waals surface area contributed by atoms with Crippen molar-refractivity contribution < 1.29 is 23.4 Å². The van der Waals surface area contributed by atoms with Gasteiger partial charge in [-0.1, -0.05) is 0 Å². The Bertz CT molecular complexity index is 347. The monoisotopic (exact) mass is 235 g/mol. The van der Waals surface area contributed by atoms with Crippen LogP contribution in [0.1, 0.15) is 5.56 Å². The van der Waals surface area contributed by atoms with Gasteiger partial charge in [-0.05, 0) is 18.2 Å². The maximum atomic E-state index is 12.8. The van der Waals surface area contributed by atoms with Gasteiger partial charge in [0.25, 0.3) is 6.43 Å². The van der Waals surface area contributed by atoms with E-state index in [0.717, 1.165) is 12.1 Å². The number of phenolic OH excluding ortho intramolecular Hbond substituents is 1. The first kappa shape index (κ1) is 12.8. The lowest BCUT2D eigenvalue weighted by Crippen LogP contribution is -2.31. The lowest BCUT2D eigenvalue weighted by atomic mass is 10.2. The molecule has 0 bridgehead atoms. The summed E-state index contributed by atoms with van der Waals surface area (Å²) in [7, 11) is 0. The van der Waals surface area contributed by atoms with Crippen molar-refractivity contribution in [3.05, 3.63) is 29.6 Å². The van der Waals surface area contributed by atoms with Gasteiger partial charge in [-0.15, -0.1) is 0 Å². The van der Waals surface area contributed by atoms with Crippen LogP contribution in [-0.2, 0) is 6.54 Å². The zero-order chi connectivity index (χ0) is 12.1. The predicted molar refractivity (Wildman–Crippen MR) is 51.8 cm³/mol. The molecule has 1 aromatic rings. The van der Waals surface area contributed by atoms with Crippen LogP contribution in [0, 0.1) is 5.82 Å². The van der Waals surface area contributed by atoms with E-state index in [9.17, 15) is 18.3 Å². The van der Waals surface area contributed by atoms with Gasteiger partial charge in [-0.3, -0.25) is 0 Å². The first-order valence-corrected chi connectivity index (χ1v) is 4.65. The second-order valence-electron chi connectivity index (χ2n) is 3.31. The average Bonchev–Trinajstić information content (AvgIpc) is 2.22. The lowest BCUT2D eigenvalue weighted by molar-refractivity contribution is -0.00342. The van der Waals surface area contributed by atoms with Crippen LogP contribution in [0.5, 0.6) is 5.75 Å². The molecule has 6 heteroatoms.